The topological polar surface area (TPSA) is 110 Å². The molecule has 0 aromatic heterocycles. The molecule has 0 saturated carbocycles. The summed E-state index contributed by atoms with van der Waals surface area (Å²) in [5, 5.41) is 52.0. The molecule has 0 aromatic rings. The summed E-state index contributed by atoms with van der Waals surface area (Å²) in [6, 6.07) is 0. The molecular formula is C22H36O6. The van der Waals surface area contributed by atoms with Crippen molar-refractivity contribution >= 4 is 0 Å². The summed E-state index contributed by atoms with van der Waals surface area (Å²) < 4.78 is 5.39. The molecule has 28 heavy (non-hydrogen) atoms. The van der Waals surface area contributed by atoms with E-state index < -0.39 is 36.3 Å². The van der Waals surface area contributed by atoms with Crippen LogP contribution in [0.5, 0.6) is 0 Å². The van der Waals surface area contributed by atoms with Crippen LogP contribution in [-0.4, -0.2) is 61.8 Å². The molecule has 1 fully saturated rings. The first kappa shape index (κ1) is 24.8. The Morgan fingerprint density at radius 3 is 1.89 bits per heavy atom. The Labute approximate surface area is 168 Å². The summed E-state index contributed by atoms with van der Waals surface area (Å²) in [6.45, 7) is 3.56. The molecule has 6 heteroatoms. The van der Waals surface area contributed by atoms with Gasteiger partial charge in [0.15, 0.2) is 5.60 Å². The molecule has 0 spiro atoms. The normalized spacial score (nSPS) is 34.5. The number of unbranched alkanes of at least 4 members (excludes halogenated alkanes) is 4. The highest BCUT2D eigenvalue weighted by molar-refractivity contribution is 5.26. The Morgan fingerprint density at radius 1 is 0.857 bits per heavy atom. The fourth-order valence-corrected chi connectivity index (χ4v) is 2.99. The van der Waals surface area contributed by atoms with Crippen LogP contribution in [0.1, 0.15) is 52.4 Å². The van der Waals surface area contributed by atoms with Crippen molar-refractivity contribution in [2.45, 2.75) is 82.1 Å². The van der Waals surface area contributed by atoms with Gasteiger partial charge in [0.1, 0.15) is 18.3 Å². The second-order valence-corrected chi connectivity index (χ2v) is 7.16. The Bertz CT molecular complexity index is 555. The van der Waals surface area contributed by atoms with Crippen molar-refractivity contribution < 1.29 is 30.3 Å². The zero-order chi connectivity index (χ0) is 21.0. The van der Waals surface area contributed by atoms with E-state index in [0.717, 1.165) is 38.5 Å². The van der Waals surface area contributed by atoms with Crippen molar-refractivity contribution in [2.75, 3.05) is 6.61 Å². The van der Waals surface area contributed by atoms with Crippen molar-refractivity contribution in [1.82, 2.24) is 0 Å². The summed E-state index contributed by atoms with van der Waals surface area (Å²) in [5.41, 5.74) is -2.29. The Balaban J connectivity index is 3.06. The molecular weight excluding hydrogens is 360 g/mol. The number of allylic oxidation sites excluding steroid dienone is 6. The fourth-order valence-electron chi connectivity index (χ4n) is 2.99. The van der Waals surface area contributed by atoms with Gasteiger partial charge in [-0.25, -0.2) is 0 Å². The van der Waals surface area contributed by atoms with Gasteiger partial charge in [-0.15, -0.1) is 0 Å². The maximum absolute atomic E-state index is 11.0. The average molecular weight is 397 g/mol. The maximum atomic E-state index is 11.0. The van der Waals surface area contributed by atoms with Crippen LogP contribution in [0.2, 0.25) is 0 Å². The summed E-state index contributed by atoms with van der Waals surface area (Å²) >= 11 is 0. The van der Waals surface area contributed by atoms with Crippen LogP contribution in [0, 0.1) is 0 Å². The monoisotopic (exact) mass is 396 g/mol. The van der Waals surface area contributed by atoms with Gasteiger partial charge in [0.25, 0.3) is 0 Å². The smallest absolute Gasteiger partial charge is 0.222 e. The Kier molecular flexibility index (Phi) is 10.9. The second-order valence-electron chi connectivity index (χ2n) is 7.16. The number of ether oxygens (including phenoxy) is 1. The lowest BCUT2D eigenvalue weighted by molar-refractivity contribution is -0.353. The summed E-state index contributed by atoms with van der Waals surface area (Å²) in [5.74, 6) is -2.32. The maximum Gasteiger partial charge on any atom is 0.222 e. The molecule has 5 atom stereocenters. The summed E-state index contributed by atoms with van der Waals surface area (Å²) in [6.07, 6.45) is 14.1. The molecule has 1 rings (SSSR count). The number of aliphatic hydroxyl groups is 5. The first-order valence-corrected chi connectivity index (χ1v) is 10.1. The quantitative estimate of drug-likeness (QED) is 0.270. The molecule has 0 bridgehead atoms. The first-order chi connectivity index (χ1) is 13.4. The standard InChI is InChI=1S/C22H36O6/c1-3-5-7-9-11-13-15-21(26)20(25)19(24)18(17-23)28-22(21,27)16-14-12-10-8-6-4-2/h9-16,18-20,23-27H,3-8,17H2,1-2H3/t18-,19-,20+,21-,22?/m1/s1. The molecule has 0 aliphatic carbocycles. The van der Waals surface area contributed by atoms with E-state index in [9.17, 15) is 25.5 Å². The molecule has 0 amide bonds. The molecule has 1 aliphatic rings. The van der Waals surface area contributed by atoms with Gasteiger partial charge in [-0.2, -0.15) is 0 Å². The minimum atomic E-state index is -2.32. The van der Waals surface area contributed by atoms with Gasteiger partial charge >= 0.3 is 0 Å². The first-order valence-electron chi connectivity index (χ1n) is 10.1. The number of rotatable bonds is 11. The van der Waals surface area contributed by atoms with Crippen LogP contribution in [0.25, 0.3) is 0 Å². The Hall–Kier alpha value is -1.28. The zero-order valence-corrected chi connectivity index (χ0v) is 16.9. The van der Waals surface area contributed by atoms with E-state index in [-0.39, 0.29) is 0 Å². The lowest BCUT2D eigenvalue weighted by Crippen LogP contribution is -2.71. The molecule has 1 saturated heterocycles. The van der Waals surface area contributed by atoms with Crippen LogP contribution in [-0.2, 0) is 4.74 Å². The number of hydrogen-bond acceptors (Lipinski definition) is 6. The third kappa shape index (κ3) is 6.37. The molecule has 6 nitrogen and oxygen atoms in total. The van der Waals surface area contributed by atoms with Crippen molar-refractivity contribution in [1.29, 1.82) is 0 Å². The second kappa shape index (κ2) is 12.3. The van der Waals surface area contributed by atoms with E-state index >= 15 is 0 Å². The van der Waals surface area contributed by atoms with E-state index in [1.54, 1.807) is 12.2 Å². The highest BCUT2D eigenvalue weighted by Crippen LogP contribution is 2.39. The largest absolute Gasteiger partial charge is 0.394 e. The minimum Gasteiger partial charge on any atom is -0.394 e. The highest BCUT2D eigenvalue weighted by atomic mass is 16.7. The molecule has 1 unspecified atom stereocenters. The van der Waals surface area contributed by atoms with Gasteiger partial charge in [-0.3, -0.25) is 0 Å². The number of aliphatic hydroxyl groups excluding tert-OH is 3. The van der Waals surface area contributed by atoms with Crippen LogP contribution in [0.4, 0.5) is 0 Å². The van der Waals surface area contributed by atoms with Gasteiger partial charge in [0, 0.05) is 0 Å². The van der Waals surface area contributed by atoms with Crippen LogP contribution in [0.3, 0.4) is 0 Å². The van der Waals surface area contributed by atoms with E-state index in [0.29, 0.717) is 0 Å². The summed E-state index contributed by atoms with van der Waals surface area (Å²) in [7, 11) is 0. The lowest BCUT2D eigenvalue weighted by Gasteiger charge is -2.50. The van der Waals surface area contributed by atoms with Gasteiger partial charge < -0.3 is 30.3 Å². The molecule has 5 N–H and O–H groups in total. The summed E-state index contributed by atoms with van der Waals surface area (Å²) in [4.78, 5) is 0. The van der Waals surface area contributed by atoms with E-state index in [1.807, 2.05) is 12.2 Å². The predicted octanol–water partition coefficient (Wildman–Crippen LogP) is 2.12. The van der Waals surface area contributed by atoms with Gasteiger partial charge in [0.2, 0.25) is 5.79 Å². The van der Waals surface area contributed by atoms with E-state index in [2.05, 4.69) is 13.8 Å². The molecule has 0 radical (unpaired) electrons. The SMILES string of the molecule is CCCCC=CC=CC1(O)O[C@H](CO)[C@@H](O)[C@H](O)[C@]1(O)C=CC=CCCCC. The minimum absolute atomic E-state index is 0.614. The molecule has 0 aromatic carbocycles. The molecule has 1 heterocycles. The van der Waals surface area contributed by atoms with Gasteiger partial charge in [-0.1, -0.05) is 76.0 Å². The fraction of sp³-hybridized carbons (Fsp3) is 0.636. The molecule has 160 valence electrons. The van der Waals surface area contributed by atoms with Gasteiger partial charge in [0.05, 0.1) is 6.61 Å². The van der Waals surface area contributed by atoms with Crippen molar-refractivity contribution in [2.24, 2.45) is 0 Å². The third-order valence-electron chi connectivity index (χ3n) is 4.86. The van der Waals surface area contributed by atoms with Crippen LogP contribution in [0.15, 0.2) is 48.6 Å². The van der Waals surface area contributed by atoms with Crippen LogP contribution >= 0.6 is 0 Å². The highest BCUT2D eigenvalue weighted by Gasteiger charge is 2.60. The average Bonchev–Trinajstić information content (AvgIpc) is 2.69. The van der Waals surface area contributed by atoms with E-state index in [1.165, 1.54) is 24.3 Å². The molecule has 1 aliphatic heterocycles. The Morgan fingerprint density at radius 2 is 1.39 bits per heavy atom. The zero-order valence-electron chi connectivity index (χ0n) is 16.9. The van der Waals surface area contributed by atoms with Crippen molar-refractivity contribution in [3.8, 4) is 0 Å². The lowest BCUT2D eigenvalue weighted by atomic mass is 9.79. The van der Waals surface area contributed by atoms with Crippen molar-refractivity contribution in [3.63, 3.8) is 0 Å². The van der Waals surface area contributed by atoms with Crippen molar-refractivity contribution in [3.05, 3.63) is 48.6 Å². The number of hydrogen-bond donors (Lipinski definition) is 5. The third-order valence-corrected chi connectivity index (χ3v) is 4.86. The van der Waals surface area contributed by atoms with Crippen LogP contribution < -0.4 is 0 Å². The predicted molar refractivity (Wildman–Crippen MR) is 109 cm³/mol. The van der Waals surface area contributed by atoms with Gasteiger partial charge in [-0.05, 0) is 25.0 Å². The van der Waals surface area contributed by atoms with E-state index in [4.69, 9.17) is 4.74 Å².